The first-order valence-electron chi connectivity index (χ1n) is 5.25. The van der Waals surface area contributed by atoms with Crippen LogP contribution in [0.2, 0.25) is 0 Å². The van der Waals surface area contributed by atoms with Gasteiger partial charge in [-0.1, -0.05) is 0 Å². The molecular weight excluding hydrogens is 220 g/mol. The van der Waals surface area contributed by atoms with Gasteiger partial charge in [0.1, 0.15) is 5.60 Å². The molecule has 17 heavy (non-hydrogen) atoms. The van der Waals surface area contributed by atoms with Gasteiger partial charge in [0, 0.05) is 0 Å². The largest absolute Gasteiger partial charge is 0.493 e. The zero-order chi connectivity index (χ0) is 13.1. The smallest absolute Gasteiger partial charge is 0.338 e. The van der Waals surface area contributed by atoms with Gasteiger partial charge in [0.05, 0.1) is 12.7 Å². The van der Waals surface area contributed by atoms with Gasteiger partial charge in [0.2, 0.25) is 5.43 Å². The van der Waals surface area contributed by atoms with Crippen molar-refractivity contribution in [3.05, 3.63) is 40.1 Å². The molecule has 4 nitrogen and oxygen atoms in total. The van der Waals surface area contributed by atoms with Crippen LogP contribution in [0, 0.1) is 0 Å². The van der Waals surface area contributed by atoms with Crippen LogP contribution in [0.5, 0.6) is 5.75 Å². The van der Waals surface area contributed by atoms with Crippen molar-refractivity contribution in [3.63, 3.8) is 0 Å². The Morgan fingerprint density at radius 1 is 1.12 bits per heavy atom. The standard InChI is InChI=1S/C13H16O4/c1-13(2,3)17-12(15)9-5-7-10(14)11(16-4)8-6-9/h5-8H,1-4H3. The highest BCUT2D eigenvalue weighted by molar-refractivity contribution is 5.89. The zero-order valence-corrected chi connectivity index (χ0v) is 10.4. The number of esters is 1. The number of hydrogen-bond acceptors (Lipinski definition) is 4. The quantitative estimate of drug-likeness (QED) is 0.737. The van der Waals surface area contributed by atoms with Crippen LogP contribution in [0.4, 0.5) is 0 Å². The fourth-order valence-electron chi connectivity index (χ4n) is 1.19. The molecule has 0 aliphatic carbocycles. The molecular formula is C13H16O4. The molecule has 0 spiro atoms. The molecule has 0 bridgehead atoms. The van der Waals surface area contributed by atoms with Gasteiger partial charge in [-0.25, -0.2) is 4.79 Å². The molecule has 0 atom stereocenters. The molecule has 0 aliphatic rings. The van der Waals surface area contributed by atoms with Crippen molar-refractivity contribution in [3.8, 4) is 5.75 Å². The summed E-state index contributed by atoms with van der Waals surface area (Å²) in [7, 11) is 1.41. The molecule has 1 aromatic rings. The molecule has 0 saturated heterocycles. The predicted molar refractivity (Wildman–Crippen MR) is 64.4 cm³/mol. The van der Waals surface area contributed by atoms with Crippen LogP contribution in [0.3, 0.4) is 0 Å². The van der Waals surface area contributed by atoms with Crippen LogP contribution in [-0.4, -0.2) is 18.7 Å². The van der Waals surface area contributed by atoms with E-state index in [1.54, 1.807) is 20.8 Å². The van der Waals surface area contributed by atoms with Crippen LogP contribution in [0.1, 0.15) is 31.1 Å². The fourth-order valence-corrected chi connectivity index (χ4v) is 1.19. The summed E-state index contributed by atoms with van der Waals surface area (Å²) >= 11 is 0. The first kappa shape index (κ1) is 13.2. The maximum atomic E-state index is 11.7. The molecule has 0 N–H and O–H groups in total. The van der Waals surface area contributed by atoms with E-state index in [2.05, 4.69) is 0 Å². The maximum Gasteiger partial charge on any atom is 0.338 e. The molecule has 0 radical (unpaired) electrons. The fraction of sp³-hybridized carbons (Fsp3) is 0.385. The Kier molecular flexibility index (Phi) is 3.89. The minimum absolute atomic E-state index is 0.194. The molecule has 0 saturated carbocycles. The molecule has 1 rings (SSSR count). The third-order valence-electron chi connectivity index (χ3n) is 1.93. The predicted octanol–water partition coefficient (Wildman–Crippen LogP) is 2.01. The second-order valence-electron chi connectivity index (χ2n) is 4.56. The number of carbonyl (C=O) groups excluding carboxylic acids is 1. The van der Waals surface area contributed by atoms with Crippen molar-refractivity contribution < 1.29 is 14.3 Å². The van der Waals surface area contributed by atoms with E-state index >= 15 is 0 Å². The number of hydrogen-bond donors (Lipinski definition) is 0. The van der Waals surface area contributed by atoms with Crippen LogP contribution < -0.4 is 10.2 Å². The number of ether oxygens (including phenoxy) is 2. The summed E-state index contributed by atoms with van der Waals surface area (Å²) in [5.41, 5.74) is -0.516. The summed E-state index contributed by atoms with van der Waals surface area (Å²) in [5.74, 6) is -0.269. The lowest BCUT2D eigenvalue weighted by atomic mass is 10.2. The number of rotatable bonds is 2. The van der Waals surface area contributed by atoms with E-state index in [-0.39, 0.29) is 11.2 Å². The van der Waals surface area contributed by atoms with Gasteiger partial charge in [-0.3, -0.25) is 4.79 Å². The molecule has 0 aliphatic heterocycles. The Hall–Kier alpha value is -1.84. The van der Waals surface area contributed by atoms with E-state index in [1.807, 2.05) is 0 Å². The van der Waals surface area contributed by atoms with Crippen molar-refractivity contribution >= 4 is 5.97 Å². The molecule has 0 amide bonds. The lowest BCUT2D eigenvalue weighted by Gasteiger charge is -2.19. The highest BCUT2D eigenvalue weighted by Gasteiger charge is 2.17. The molecule has 0 unspecified atom stereocenters. The third-order valence-corrected chi connectivity index (χ3v) is 1.93. The molecule has 0 aromatic heterocycles. The summed E-state index contributed by atoms with van der Waals surface area (Å²) in [4.78, 5) is 23.2. The number of carbonyl (C=O) groups is 1. The highest BCUT2D eigenvalue weighted by Crippen LogP contribution is 2.12. The van der Waals surface area contributed by atoms with Crippen LogP contribution in [0.25, 0.3) is 0 Å². The average Bonchev–Trinajstić information content (AvgIpc) is 2.37. The van der Waals surface area contributed by atoms with Crippen LogP contribution >= 0.6 is 0 Å². The SMILES string of the molecule is COc1ccc(C(=O)OC(C)(C)C)ccc1=O. The second-order valence-corrected chi connectivity index (χ2v) is 4.56. The Morgan fingerprint density at radius 2 is 1.71 bits per heavy atom. The molecule has 92 valence electrons. The zero-order valence-electron chi connectivity index (χ0n) is 10.4. The van der Waals surface area contributed by atoms with Gasteiger partial charge >= 0.3 is 5.97 Å². The normalized spacial score (nSPS) is 10.8. The summed E-state index contributed by atoms with van der Waals surface area (Å²) in [6, 6.07) is 5.69. The third kappa shape index (κ3) is 3.90. The number of methoxy groups -OCH3 is 1. The van der Waals surface area contributed by atoms with Crippen molar-refractivity contribution in [1.82, 2.24) is 0 Å². The van der Waals surface area contributed by atoms with E-state index in [0.717, 1.165) is 0 Å². The Labute approximate surface area is 100 Å². The van der Waals surface area contributed by atoms with Crippen molar-refractivity contribution in [2.24, 2.45) is 0 Å². The van der Waals surface area contributed by atoms with E-state index in [0.29, 0.717) is 5.56 Å². The molecule has 0 fully saturated rings. The summed E-state index contributed by atoms with van der Waals surface area (Å²) in [5, 5.41) is 0. The van der Waals surface area contributed by atoms with E-state index < -0.39 is 11.6 Å². The van der Waals surface area contributed by atoms with Crippen molar-refractivity contribution in [1.29, 1.82) is 0 Å². The first-order chi connectivity index (χ1) is 7.83. The average molecular weight is 236 g/mol. The second kappa shape index (κ2) is 4.99. The minimum Gasteiger partial charge on any atom is -0.493 e. The van der Waals surface area contributed by atoms with Crippen molar-refractivity contribution in [2.45, 2.75) is 26.4 Å². The summed E-state index contributed by atoms with van der Waals surface area (Å²) in [6.45, 7) is 5.36. The van der Waals surface area contributed by atoms with Gasteiger partial charge in [0.25, 0.3) is 0 Å². The van der Waals surface area contributed by atoms with Crippen LogP contribution in [0.15, 0.2) is 29.1 Å². The lowest BCUT2D eigenvalue weighted by Crippen LogP contribution is -2.23. The van der Waals surface area contributed by atoms with E-state index in [1.165, 1.54) is 31.4 Å². The first-order valence-corrected chi connectivity index (χ1v) is 5.25. The topological polar surface area (TPSA) is 52.6 Å². The van der Waals surface area contributed by atoms with Crippen LogP contribution in [-0.2, 0) is 4.74 Å². The highest BCUT2D eigenvalue weighted by atomic mass is 16.6. The summed E-state index contributed by atoms with van der Waals surface area (Å²) < 4.78 is 10.1. The van der Waals surface area contributed by atoms with Gasteiger partial charge in [-0.05, 0) is 45.0 Å². The summed E-state index contributed by atoms with van der Waals surface area (Å²) in [6.07, 6.45) is 0. The van der Waals surface area contributed by atoms with Gasteiger partial charge in [-0.2, -0.15) is 0 Å². The Bertz CT molecular complexity index is 472. The maximum absolute atomic E-state index is 11.7. The van der Waals surface area contributed by atoms with Gasteiger partial charge in [-0.15, -0.1) is 0 Å². The molecule has 4 heteroatoms. The monoisotopic (exact) mass is 236 g/mol. The molecule has 0 heterocycles. The molecule has 1 aromatic carbocycles. The van der Waals surface area contributed by atoms with E-state index in [4.69, 9.17) is 9.47 Å². The Morgan fingerprint density at radius 3 is 2.24 bits per heavy atom. The van der Waals surface area contributed by atoms with Gasteiger partial charge in [0.15, 0.2) is 5.75 Å². The van der Waals surface area contributed by atoms with Gasteiger partial charge < -0.3 is 9.47 Å². The lowest BCUT2D eigenvalue weighted by molar-refractivity contribution is 0.00697. The Balaban J connectivity index is 3.05. The minimum atomic E-state index is -0.560. The van der Waals surface area contributed by atoms with Crippen molar-refractivity contribution in [2.75, 3.05) is 7.11 Å². The van der Waals surface area contributed by atoms with E-state index in [9.17, 15) is 9.59 Å².